The second-order valence-corrected chi connectivity index (χ2v) is 7.10. The lowest BCUT2D eigenvalue weighted by atomic mass is 9.99. The van der Waals surface area contributed by atoms with Gasteiger partial charge in [-0.05, 0) is 11.8 Å². The Labute approximate surface area is 141 Å². The molecule has 0 saturated carbocycles. The topological polar surface area (TPSA) is 95.2 Å². The van der Waals surface area contributed by atoms with Gasteiger partial charge in [-0.3, -0.25) is 14.4 Å². The lowest BCUT2D eigenvalue weighted by Crippen LogP contribution is -2.52. The second kappa shape index (κ2) is 7.59. The molecule has 0 fully saturated rings. The lowest BCUT2D eigenvalue weighted by Gasteiger charge is -2.32. The predicted octanol–water partition coefficient (Wildman–Crippen LogP) is 0.841. The molecule has 1 aromatic heterocycles. The molecule has 24 heavy (non-hydrogen) atoms. The van der Waals surface area contributed by atoms with Crippen LogP contribution in [-0.2, 0) is 22.6 Å². The fourth-order valence-electron chi connectivity index (χ4n) is 2.85. The SMILES string of the molecule is CC(C)CC(=O)NC(C(=O)N1CCc2n[nH]c(=O)cc2C1)C(C)C. The van der Waals surface area contributed by atoms with Crippen molar-refractivity contribution in [2.45, 2.75) is 53.1 Å². The summed E-state index contributed by atoms with van der Waals surface area (Å²) < 4.78 is 0. The monoisotopic (exact) mass is 334 g/mol. The van der Waals surface area contributed by atoms with Gasteiger partial charge >= 0.3 is 0 Å². The van der Waals surface area contributed by atoms with Crippen LogP contribution in [0.25, 0.3) is 0 Å². The highest BCUT2D eigenvalue weighted by atomic mass is 16.2. The van der Waals surface area contributed by atoms with E-state index in [2.05, 4.69) is 15.5 Å². The highest BCUT2D eigenvalue weighted by Crippen LogP contribution is 2.17. The molecule has 2 rings (SSSR count). The highest BCUT2D eigenvalue weighted by Gasteiger charge is 2.31. The molecule has 0 radical (unpaired) electrons. The molecule has 1 atom stereocenters. The third-order valence-corrected chi connectivity index (χ3v) is 4.11. The maximum Gasteiger partial charge on any atom is 0.264 e. The van der Waals surface area contributed by atoms with E-state index < -0.39 is 6.04 Å². The Bertz CT molecular complexity index is 666. The van der Waals surface area contributed by atoms with Crippen LogP contribution in [0.2, 0.25) is 0 Å². The van der Waals surface area contributed by atoms with Crippen LogP contribution >= 0.6 is 0 Å². The van der Waals surface area contributed by atoms with E-state index in [0.29, 0.717) is 25.9 Å². The van der Waals surface area contributed by atoms with Crippen molar-refractivity contribution in [3.8, 4) is 0 Å². The molecule has 1 aliphatic rings. The van der Waals surface area contributed by atoms with E-state index in [1.165, 1.54) is 6.07 Å². The fourth-order valence-corrected chi connectivity index (χ4v) is 2.85. The summed E-state index contributed by atoms with van der Waals surface area (Å²) in [6, 6.07) is 0.941. The average Bonchev–Trinajstić information content (AvgIpc) is 2.50. The van der Waals surface area contributed by atoms with Gasteiger partial charge in [-0.25, -0.2) is 5.10 Å². The van der Waals surface area contributed by atoms with E-state index in [1.807, 2.05) is 27.7 Å². The molecule has 7 nitrogen and oxygen atoms in total. The Kier molecular flexibility index (Phi) is 5.75. The number of fused-ring (bicyclic) bond motifs is 1. The molecule has 0 aliphatic carbocycles. The molecule has 0 aromatic carbocycles. The first kappa shape index (κ1) is 18.2. The third-order valence-electron chi connectivity index (χ3n) is 4.11. The fraction of sp³-hybridized carbons (Fsp3) is 0.647. The van der Waals surface area contributed by atoms with Gasteiger partial charge in [0.25, 0.3) is 5.56 Å². The smallest absolute Gasteiger partial charge is 0.264 e. The minimum Gasteiger partial charge on any atom is -0.344 e. The molecule has 2 heterocycles. The maximum absolute atomic E-state index is 12.9. The summed E-state index contributed by atoms with van der Waals surface area (Å²) in [5.41, 5.74) is 1.33. The van der Waals surface area contributed by atoms with Crippen molar-refractivity contribution >= 4 is 11.8 Å². The van der Waals surface area contributed by atoms with Gasteiger partial charge in [-0.1, -0.05) is 27.7 Å². The van der Waals surface area contributed by atoms with Crippen LogP contribution in [0, 0.1) is 11.8 Å². The van der Waals surface area contributed by atoms with Crippen LogP contribution in [0.1, 0.15) is 45.4 Å². The summed E-state index contributed by atoms with van der Waals surface area (Å²) in [4.78, 5) is 38.0. The predicted molar refractivity (Wildman–Crippen MR) is 90.2 cm³/mol. The Morgan fingerprint density at radius 2 is 2.04 bits per heavy atom. The maximum atomic E-state index is 12.9. The highest BCUT2D eigenvalue weighted by molar-refractivity contribution is 5.88. The van der Waals surface area contributed by atoms with Gasteiger partial charge in [0, 0.05) is 37.6 Å². The summed E-state index contributed by atoms with van der Waals surface area (Å²) in [7, 11) is 0. The standard InChI is InChI=1S/C17H26N4O3/c1-10(2)7-14(22)18-16(11(3)4)17(24)21-6-5-13-12(9-21)8-15(23)20-19-13/h8,10-11,16H,5-7,9H2,1-4H3,(H,18,22)(H,20,23). The van der Waals surface area contributed by atoms with Gasteiger partial charge in [0.1, 0.15) is 6.04 Å². The number of nitrogens with one attached hydrogen (secondary N) is 2. The van der Waals surface area contributed by atoms with Crippen molar-refractivity contribution in [3.05, 3.63) is 27.7 Å². The number of hydrogen-bond acceptors (Lipinski definition) is 4. The van der Waals surface area contributed by atoms with Crippen molar-refractivity contribution < 1.29 is 9.59 Å². The summed E-state index contributed by atoms with van der Waals surface area (Å²) >= 11 is 0. The number of rotatable bonds is 5. The summed E-state index contributed by atoms with van der Waals surface area (Å²) in [6.45, 7) is 8.67. The zero-order valence-corrected chi connectivity index (χ0v) is 14.8. The molecule has 2 amide bonds. The number of aromatic amines is 1. The van der Waals surface area contributed by atoms with Crippen molar-refractivity contribution in [2.75, 3.05) is 6.54 Å². The van der Waals surface area contributed by atoms with E-state index >= 15 is 0 Å². The molecular weight excluding hydrogens is 308 g/mol. The van der Waals surface area contributed by atoms with Crippen LogP contribution in [-0.4, -0.2) is 39.5 Å². The first-order valence-corrected chi connectivity index (χ1v) is 8.43. The Balaban J connectivity index is 2.10. The molecule has 7 heteroatoms. The largest absolute Gasteiger partial charge is 0.344 e. The van der Waals surface area contributed by atoms with Gasteiger partial charge in [0.15, 0.2) is 0 Å². The lowest BCUT2D eigenvalue weighted by molar-refractivity contribution is -0.138. The minimum absolute atomic E-state index is 0.00712. The van der Waals surface area contributed by atoms with Gasteiger partial charge in [0.05, 0.1) is 5.69 Å². The average molecular weight is 334 g/mol. The summed E-state index contributed by atoms with van der Waals surface area (Å²) in [5, 5.41) is 9.32. The Morgan fingerprint density at radius 1 is 1.33 bits per heavy atom. The zero-order valence-electron chi connectivity index (χ0n) is 14.8. The molecule has 132 valence electrons. The van der Waals surface area contributed by atoms with Gasteiger partial charge < -0.3 is 10.2 Å². The van der Waals surface area contributed by atoms with Crippen LogP contribution in [0.5, 0.6) is 0 Å². The summed E-state index contributed by atoms with van der Waals surface area (Å²) in [5.74, 6) is 0.0282. The zero-order chi connectivity index (χ0) is 17.9. The van der Waals surface area contributed by atoms with Gasteiger partial charge in [-0.2, -0.15) is 5.10 Å². The number of nitrogens with zero attached hydrogens (tertiary/aromatic N) is 2. The number of aromatic nitrogens is 2. The van der Waals surface area contributed by atoms with Gasteiger partial charge in [-0.15, -0.1) is 0 Å². The van der Waals surface area contributed by atoms with E-state index in [1.54, 1.807) is 4.90 Å². The first-order chi connectivity index (χ1) is 11.3. The molecule has 2 N–H and O–H groups in total. The molecule has 1 aromatic rings. The van der Waals surface area contributed by atoms with Crippen LogP contribution < -0.4 is 10.9 Å². The molecule has 0 bridgehead atoms. The van der Waals surface area contributed by atoms with Gasteiger partial charge in [0.2, 0.25) is 11.8 Å². The third kappa shape index (κ3) is 4.43. The number of H-pyrrole nitrogens is 1. The van der Waals surface area contributed by atoms with Crippen molar-refractivity contribution in [3.63, 3.8) is 0 Å². The normalized spacial score (nSPS) is 15.3. The van der Waals surface area contributed by atoms with E-state index in [-0.39, 0.29) is 29.2 Å². The van der Waals surface area contributed by atoms with E-state index in [9.17, 15) is 14.4 Å². The molecule has 0 saturated heterocycles. The van der Waals surface area contributed by atoms with Crippen LogP contribution in [0.4, 0.5) is 0 Å². The Morgan fingerprint density at radius 3 is 2.67 bits per heavy atom. The summed E-state index contributed by atoms with van der Waals surface area (Å²) in [6.07, 6.45) is 1.00. The quantitative estimate of drug-likeness (QED) is 0.834. The minimum atomic E-state index is -0.548. The number of carbonyl (C=O) groups is 2. The molecule has 1 unspecified atom stereocenters. The van der Waals surface area contributed by atoms with Crippen molar-refractivity contribution in [1.82, 2.24) is 20.4 Å². The molecule has 1 aliphatic heterocycles. The number of hydrogen-bond donors (Lipinski definition) is 2. The first-order valence-electron chi connectivity index (χ1n) is 8.43. The number of amides is 2. The van der Waals surface area contributed by atoms with E-state index in [0.717, 1.165) is 11.3 Å². The van der Waals surface area contributed by atoms with Crippen LogP contribution in [0.3, 0.4) is 0 Å². The second-order valence-electron chi connectivity index (χ2n) is 7.10. The molecule has 0 spiro atoms. The van der Waals surface area contributed by atoms with Crippen molar-refractivity contribution in [1.29, 1.82) is 0 Å². The Hall–Kier alpha value is -2.18. The van der Waals surface area contributed by atoms with E-state index in [4.69, 9.17) is 0 Å². The van der Waals surface area contributed by atoms with Crippen molar-refractivity contribution in [2.24, 2.45) is 11.8 Å². The number of carbonyl (C=O) groups excluding carboxylic acids is 2. The van der Waals surface area contributed by atoms with Crippen LogP contribution in [0.15, 0.2) is 10.9 Å². The molecular formula is C17H26N4O3.